The molecule has 3 heterocycles. The molecule has 148 valence electrons. The lowest BCUT2D eigenvalue weighted by Gasteiger charge is -2.40. The SMILES string of the molecule is CC1=CC2CCC(c3cccc(Cl)c3Cl)=NC=C2C(N2CCC(C)(N)CC2)=N1. The fraction of sp³-hybridized carbons (Fsp3) is 0.455. The summed E-state index contributed by atoms with van der Waals surface area (Å²) >= 11 is 12.7. The molecule has 0 aliphatic carbocycles. The number of hydrogen-bond donors (Lipinski definition) is 1. The Balaban J connectivity index is 1.66. The molecular weight excluding hydrogens is 391 g/mol. The molecule has 1 saturated heterocycles. The predicted molar refractivity (Wildman–Crippen MR) is 118 cm³/mol. The van der Waals surface area contributed by atoms with Gasteiger partial charge in [0.05, 0.1) is 10.0 Å². The van der Waals surface area contributed by atoms with Crippen LogP contribution in [0.25, 0.3) is 0 Å². The Kier molecular flexibility index (Phi) is 5.38. The second-order valence-corrected chi connectivity index (χ2v) is 9.08. The summed E-state index contributed by atoms with van der Waals surface area (Å²) in [7, 11) is 0. The number of nitrogens with two attached hydrogens (primary N) is 1. The summed E-state index contributed by atoms with van der Waals surface area (Å²) in [6.45, 7) is 6.07. The largest absolute Gasteiger partial charge is 0.356 e. The fourth-order valence-corrected chi connectivity index (χ4v) is 4.54. The first kappa shape index (κ1) is 19.7. The minimum absolute atomic E-state index is 0.0809. The standard InChI is InChI=1S/C22H26Cl2N4/c1-14-12-15-6-7-19(16-4-3-5-18(23)20(16)24)26-13-17(15)21(27-14)28-10-8-22(2,25)9-11-28/h3-5,12-13,15H,6-11,25H2,1-2H3. The van der Waals surface area contributed by atoms with Gasteiger partial charge in [-0.05, 0) is 45.6 Å². The third-order valence-corrected chi connectivity index (χ3v) is 6.72. The maximum Gasteiger partial charge on any atom is 0.134 e. The number of amidine groups is 1. The van der Waals surface area contributed by atoms with Gasteiger partial charge in [-0.15, -0.1) is 0 Å². The minimum Gasteiger partial charge on any atom is -0.356 e. The van der Waals surface area contributed by atoms with Crippen molar-refractivity contribution in [2.24, 2.45) is 21.6 Å². The molecule has 0 saturated carbocycles. The lowest BCUT2D eigenvalue weighted by atomic mass is 9.87. The molecule has 0 aromatic heterocycles. The van der Waals surface area contributed by atoms with Crippen LogP contribution < -0.4 is 5.73 Å². The smallest absolute Gasteiger partial charge is 0.134 e. The summed E-state index contributed by atoms with van der Waals surface area (Å²) in [6, 6.07) is 5.72. The summed E-state index contributed by atoms with van der Waals surface area (Å²) in [4.78, 5) is 12.1. The number of allylic oxidation sites excluding steroid dienone is 2. The van der Waals surface area contributed by atoms with Crippen LogP contribution in [0, 0.1) is 5.92 Å². The number of aliphatic imine (C=N–C) groups is 2. The molecule has 0 radical (unpaired) electrons. The highest BCUT2D eigenvalue weighted by atomic mass is 35.5. The fourth-order valence-electron chi connectivity index (χ4n) is 4.13. The van der Waals surface area contributed by atoms with Gasteiger partial charge in [-0.3, -0.25) is 4.99 Å². The van der Waals surface area contributed by atoms with E-state index in [2.05, 4.69) is 24.8 Å². The Bertz CT molecular complexity index is 901. The summed E-state index contributed by atoms with van der Waals surface area (Å²) in [5, 5.41) is 1.14. The van der Waals surface area contributed by atoms with Crippen molar-refractivity contribution in [3.05, 3.63) is 57.4 Å². The summed E-state index contributed by atoms with van der Waals surface area (Å²) in [5.41, 5.74) is 10.4. The lowest BCUT2D eigenvalue weighted by Crippen LogP contribution is -2.50. The topological polar surface area (TPSA) is 54.0 Å². The monoisotopic (exact) mass is 416 g/mol. The number of fused-ring (bicyclic) bond motifs is 1. The Labute approximate surface area is 176 Å². The maximum absolute atomic E-state index is 6.44. The molecule has 6 heteroatoms. The highest BCUT2D eigenvalue weighted by Gasteiger charge is 2.32. The lowest BCUT2D eigenvalue weighted by molar-refractivity contribution is 0.243. The zero-order valence-corrected chi connectivity index (χ0v) is 17.9. The van der Waals surface area contributed by atoms with Crippen LogP contribution in [0.2, 0.25) is 10.0 Å². The van der Waals surface area contributed by atoms with Crippen molar-refractivity contribution in [3.8, 4) is 0 Å². The van der Waals surface area contributed by atoms with Gasteiger partial charge in [-0.25, -0.2) is 4.99 Å². The average molecular weight is 417 g/mol. The van der Waals surface area contributed by atoms with Gasteiger partial charge in [0.25, 0.3) is 0 Å². The molecular formula is C22H26Cl2N4. The minimum atomic E-state index is -0.0809. The number of piperidine rings is 1. The van der Waals surface area contributed by atoms with Gasteiger partial charge in [-0.1, -0.05) is 41.4 Å². The number of nitrogens with zero attached hydrogens (tertiary/aromatic N) is 3. The highest BCUT2D eigenvalue weighted by Crippen LogP contribution is 2.34. The predicted octanol–water partition coefficient (Wildman–Crippen LogP) is 5.21. The van der Waals surface area contributed by atoms with Crippen LogP contribution in [0.3, 0.4) is 0 Å². The number of rotatable bonds is 1. The molecule has 3 aliphatic rings. The van der Waals surface area contributed by atoms with Crippen molar-refractivity contribution in [1.82, 2.24) is 4.90 Å². The van der Waals surface area contributed by atoms with E-state index >= 15 is 0 Å². The Morgan fingerprint density at radius 1 is 1.21 bits per heavy atom. The van der Waals surface area contributed by atoms with Gasteiger partial charge >= 0.3 is 0 Å². The van der Waals surface area contributed by atoms with Crippen molar-refractivity contribution in [1.29, 1.82) is 0 Å². The van der Waals surface area contributed by atoms with Crippen LogP contribution in [0.1, 0.15) is 45.1 Å². The van der Waals surface area contributed by atoms with Crippen molar-refractivity contribution in [3.63, 3.8) is 0 Å². The van der Waals surface area contributed by atoms with Crippen molar-refractivity contribution in [2.75, 3.05) is 13.1 Å². The maximum atomic E-state index is 6.44. The van der Waals surface area contributed by atoms with Crippen molar-refractivity contribution in [2.45, 2.75) is 45.1 Å². The quantitative estimate of drug-likeness (QED) is 0.683. The van der Waals surface area contributed by atoms with Crippen molar-refractivity contribution >= 4 is 34.7 Å². The third kappa shape index (κ3) is 3.91. The van der Waals surface area contributed by atoms with Crippen LogP contribution in [-0.2, 0) is 0 Å². The van der Waals surface area contributed by atoms with Gasteiger partial charge in [-0.2, -0.15) is 0 Å². The van der Waals surface area contributed by atoms with Gasteiger partial charge < -0.3 is 10.6 Å². The molecule has 0 spiro atoms. The molecule has 1 atom stereocenters. The molecule has 4 rings (SSSR count). The first-order valence-corrected chi connectivity index (χ1v) is 10.6. The van der Waals surface area contributed by atoms with E-state index in [0.29, 0.717) is 16.0 Å². The molecule has 2 N–H and O–H groups in total. The van der Waals surface area contributed by atoms with E-state index in [0.717, 1.165) is 61.6 Å². The first-order chi connectivity index (χ1) is 13.3. The number of benzene rings is 1. The summed E-state index contributed by atoms with van der Waals surface area (Å²) < 4.78 is 0. The van der Waals surface area contributed by atoms with Crippen molar-refractivity contribution < 1.29 is 0 Å². The zero-order valence-electron chi connectivity index (χ0n) is 16.4. The van der Waals surface area contributed by atoms with Crippen LogP contribution >= 0.6 is 23.2 Å². The normalized spacial score (nSPS) is 24.5. The zero-order chi connectivity index (χ0) is 19.9. The molecule has 3 aliphatic heterocycles. The van der Waals surface area contributed by atoms with Crippen LogP contribution in [0.5, 0.6) is 0 Å². The second-order valence-electron chi connectivity index (χ2n) is 8.29. The Morgan fingerprint density at radius 2 is 1.96 bits per heavy atom. The van der Waals surface area contributed by atoms with Gasteiger partial charge in [0.1, 0.15) is 5.84 Å². The van der Waals surface area contributed by atoms with Gasteiger partial charge in [0.2, 0.25) is 0 Å². The van der Waals surface area contributed by atoms with Crippen LogP contribution in [0.15, 0.2) is 51.7 Å². The summed E-state index contributed by atoms with van der Waals surface area (Å²) in [5.74, 6) is 1.38. The van der Waals surface area contributed by atoms with Gasteiger partial charge in [0.15, 0.2) is 0 Å². The van der Waals surface area contributed by atoms with E-state index in [4.69, 9.17) is 38.9 Å². The molecule has 4 nitrogen and oxygen atoms in total. The molecule has 1 fully saturated rings. The van der Waals surface area contributed by atoms with Crippen LogP contribution in [-0.4, -0.2) is 35.1 Å². The molecule has 1 aromatic rings. The number of hydrogen-bond acceptors (Lipinski definition) is 4. The van der Waals surface area contributed by atoms with E-state index < -0.39 is 0 Å². The third-order valence-electron chi connectivity index (χ3n) is 5.90. The number of likely N-dealkylation sites (tertiary alicyclic amines) is 1. The summed E-state index contributed by atoms with van der Waals surface area (Å²) in [6.07, 6.45) is 8.01. The molecule has 28 heavy (non-hydrogen) atoms. The van der Waals surface area contributed by atoms with Gasteiger partial charge in [0, 0.05) is 53.3 Å². The van der Waals surface area contributed by atoms with Crippen LogP contribution in [0.4, 0.5) is 0 Å². The van der Waals surface area contributed by atoms with E-state index in [1.165, 1.54) is 5.57 Å². The molecule has 0 amide bonds. The second kappa shape index (κ2) is 7.66. The average Bonchev–Trinajstić information content (AvgIpc) is 2.86. The van der Waals surface area contributed by atoms with E-state index in [9.17, 15) is 0 Å². The molecule has 0 bridgehead atoms. The van der Waals surface area contributed by atoms with E-state index in [1.807, 2.05) is 18.3 Å². The van der Waals surface area contributed by atoms with E-state index in [-0.39, 0.29) is 5.54 Å². The Hall–Kier alpha value is -1.62. The van der Waals surface area contributed by atoms with E-state index in [1.54, 1.807) is 6.07 Å². The highest BCUT2D eigenvalue weighted by molar-refractivity contribution is 6.44. The Morgan fingerprint density at radius 3 is 2.71 bits per heavy atom. The first-order valence-electron chi connectivity index (χ1n) is 9.86. The molecule has 1 aromatic carbocycles. The molecule has 1 unspecified atom stereocenters. The number of halogens is 2.